The van der Waals surface area contributed by atoms with Crippen LogP contribution in [0.15, 0.2) is 46.9 Å². The van der Waals surface area contributed by atoms with E-state index in [1.807, 2.05) is 0 Å². The van der Waals surface area contributed by atoms with Gasteiger partial charge in [0, 0.05) is 10.5 Å². The first kappa shape index (κ1) is 13.8. The molecule has 0 aromatic heterocycles. The number of fused-ring (bicyclic) bond motifs is 1. The fraction of sp³-hybridized carbons (Fsp3) is 0.333. The minimum atomic E-state index is 0.530. The first-order valence-corrected chi connectivity index (χ1v) is 8.09. The van der Waals surface area contributed by atoms with E-state index in [2.05, 4.69) is 70.6 Å². The minimum Gasteiger partial charge on any atom is -0.310 e. The van der Waals surface area contributed by atoms with Gasteiger partial charge in [0.15, 0.2) is 0 Å². The van der Waals surface area contributed by atoms with E-state index in [1.165, 1.54) is 39.6 Å². The summed E-state index contributed by atoms with van der Waals surface area (Å²) < 4.78 is 1.19. The van der Waals surface area contributed by atoms with Crippen LogP contribution in [0.5, 0.6) is 0 Å². The first-order chi connectivity index (χ1) is 9.74. The molecule has 1 aliphatic carbocycles. The van der Waals surface area contributed by atoms with Gasteiger partial charge in [-0.1, -0.05) is 46.3 Å². The molecular formula is C18H20BrN. The van der Waals surface area contributed by atoms with Crippen molar-refractivity contribution in [1.82, 2.24) is 5.32 Å². The maximum Gasteiger partial charge on any atom is 0.0326 e. The van der Waals surface area contributed by atoms with Gasteiger partial charge in [-0.05, 0) is 67.1 Å². The van der Waals surface area contributed by atoms with Crippen LogP contribution >= 0.6 is 15.9 Å². The Kier molecular flexibility index (Phi) is 4.23. The van der Waals surface area contributed by atoms with E-state index in [4.69, 9.17) is 0 Å². The quantitative estimate of drug-likeness (QED) is 0.865. The second-order valence-corrected chi connectivity index (χ2v) is 6.48. The fourth-order valence-electron chi connectivity index (χ4n) is 3.07. The zero-order valence-electron chi connectivity index (χ0n) is 11.8. The molecule has 0 amide bonds. The molecule has 0 aliphatic heterocycles. The lowest BCUT2D eigenvalue weighted by atomic mass is 10.1. The van der Waals surface area contributed by atoms with Crippen molar-refractivity contribution in [2.75, 3.05) is 6.54 Å². The SMILES string of the molecule is Cc1ccccc1CCNC1CCc2cc(Br)ccc21. The van der Waals surface area contributed by atoms with E-state index in [0.717, 1.165) is 13.0 Å². The molecule has 1 atom stereocenters. The molecule has 0 saturated heterocycles. The van der Waals surface area contributed by atoms with Crippen LogP contribution in [0.25, 0.3) is 0 Å². The minimum absolute atomic E-state index is 0.530. The van der Waals surface area contributed by atoms with Crippen LogP contribution in [0.4, 0.5) is 0 Å². The molecule has 1 unspecified atom stereocenters. The lowest BCUT2D eigenvalue weighted by Gasteiger charge is -2.14. The molecule has 1 aliphatic rings. The van der Waals surface area contributed by atoms with Crippen molar-refractivity contribution in [3.8, 4) is 0 Å². The van der Waals surface area contributed by atoms with Crippen molar-refractivity contribution in [3.63, 3.8) is 0 Å². The van der Waals surface area contributed by atoms with Crippen LogP contribution in [0.3, 0.4) is 0 Å². The molecule has 2 aromatic rings. The van der Waals surface area contributed by atoms with Crippen LogP contribution in [0, 0.1) is 6.92 Å². The van der Waals surface area contributed by atoms with Crippen LogP contribution in [-0.2, 0) is 12.8 Å². The molecule has 0 bridgehead atoms. The Morgan fingerprint density at radius 3 is 2.90 bits per heavy atom. The van der Waals surface area contributed by atoms with Gasteiger partial charge in [0.1, 0.15) is 0 Å². The summed E-state index contributed by atoms with van der Waals surface area (Å²) in [6.45, 7) is 3.24. The second kappa shape index (κ2) is 6.11. The topological polar surface area (TPSA) is 12.0 Å². The van der Waals surface area contributed by atoms with Crippen LogP contribution in [0.1, 0.15) is 34.7 Å². The molecule has 3 rings (SSSR count). The molecule has 104 valence electrons. The van der Waals surface area contributed by atoms with Gasteiger partial charge in [-0.25, -0.2) is 0 Å². The van der Waals surface area contributed by atoms with Gasteiger partial charge in [0.2, 0.25) is 0 Å². The standard InChI is InChI=1S/C18H20BrN/c1-13-4-2-3-5-14(13)10-11-20-18-9-6-15-12-16(19)7-8-17(15)18/h2-5,7-8,12,18,20H,6,9-11H2,1H3. The smallest absolute Gasteiger partial charge is 0.0326 e. The summed E-state index contributed by atoms with van der Waals surface area (Å²) in [5.74, 6) is 0. The van der Waals surface area contributed by atoms with Crippen molar-refractivity contribution >= 4 is 15.9 Å². The molecule has 20 heavy (non-hydrogen) atoms. The summed E-state index contributed by atoms with van der Waals surface area (Å²) in [5.41, 5.74) is 5.82. The highest BCUT2D eigenvalue weighted by atomic mass is 79.9. The van der Waals surface area contributed by atoms with E-state index in [-0.39, 0.29) is 0 Å². The van der Waals surface area contributed by atoms with Crippen LogP contribution in [-0.4, -0.2) is 6.54 Å². The Bertz CT molecular complexity index is 606. The number of aryl methyl sites for hydroxylation is 2. The number of benzene rings is 2. The monoisotopic (exact) mass is 329 g/mol. The largest absolute Gasteiger partial charge is 0.310 e. The van der Waals surface area contributed by atoms with Crippen molar-refractivity contribution in [2.45, 2.75) is 32.2 Å². The predicted molar refractivity (Wildman–Crippen MR) is 88.1 cm³/mol. The fourth-order valence-corrected chi connectivity index (χ4v) is 3.48. The molecule has 2 heteroatoms. The first-order valence-electron chi connectivity index (χ1n) is 7.30. The van der Waals surface area contributed by atoms with E-state index in [9.17, 15) is 0 Å². The van der Waals surface area contributed by atoms with E-state index >= 15 is 0 Å². The highest BCUT2D eigenvalue weighted by molar-refractivity contribution is 9.10. The Morgan fingerprint density at radius 1 is 1.20 bits per heavy atom. The average molecular weight is 330 g/mol. The van der Waals surface area contributed by atoms with Crippen molar-refractivity contribution in [3.05, 3.63) is 69.2 Å². The Labute approximate surface area is 129 Å². The number of nitrogens with one attached hydrogen (secondary N) is 1. The highest BCUT2D eigenvalue weighted by Gasteiger charge is 2.21. The zero-order chi connectivity index (χ0) is 13.9. The van der Waals surface area contributed by atoms with Gasteiger partial charge < -0.3 is 5.32 Å². The lowest BCUT2D eigenvalue weighted by molar-refractivity contribution is 0.533. The highest BCUT2D eigenvalue weighted by Crippen LogP contribution is 2.32. The number of halogens is 1. The normalized spacial score (nSPS) is 17.2. The van der Waals surface area contributed by atoms with Gasteiger partial charge in [-0.15, -0.1) is 0 Å². The molecule has 1 nitrogen and oxygen atoms in total. The maximum atomic E-state index is 3.72. The predicted octanol–water partition coefficient (Wildman–Crippen LogP) is 4.58. The van der Waals surface area contributed by atoms with Gasteiger partial charge >= 0.3 is 0 Å². The number of hydrogen-bond acceptors (Lipinski definition) is 1. The molecule has 2 aromatic carbocycles. The zero-order valence-corrected chi connectivity index (χ0v) is 13.4. The summed E-state index contributed by atoms with van der Waals surface area (Å²) in [6.07, 6.45) is 3.52. The van der Waals surface area contributed by atoms with Crippen molar-refractivity contribution in [1.29, 1.82) is 0 Å². The van der Waals surface area contributed by atoms with E-state index in [0.29, 0.717) is 6.04 Å². The number of hydrogen-bond donors (Lipinski definition) is 1. The second-order valence-electron chi connectivity index (χ2n) is 5.57. The summed E-state index contributed by atoms with van der Waals surface area (Å²) in [6, 6.07) is 15.9. The van der Waals surface area contributed by atoms with Gasteiger partial charge in [0.05, 0.1) is 0 Å². The van der Waals surface area contributed by atoms with Crippen molar-refractivity contribution in [2.24, 2.45) is 0 Å². The molecule has 0 saturated carbocycles. The third-order valence-electron chi connectivity index (χ3n) is 4.23. The molecule has 0 radical (unpaired) electrons. The average Bonchev–Trinajstić information content (AvgIpc) is 2.83. The van der Waals surface area contributed by atoms with Gasteiger partial charge in [0.25, 0.3) is 0 Å². The molecular weight excluding hydrogens is 310 g/mol. The lowest BCUT2D eigenvalue weighted by Crippen LogP contribution is -2.22. The molecule has 0 heterocycles. The third-order valence-corrected chi connectivity index (χ3v) is 4.72. The number of rotatable bonds is 4. The molecule has 1 N–H and O–H groups in total. The third kappa shape index (κ3) is 2.97. The van der Waals surface area contributed by atoms with E-state index in [1.54, 1.807) is 0 Å². The van der Waals surface area contributed by atoms with E-state index < -0.39 is 0 Å². The Balaban J connectivity index is 1.60. The van der Waals surface area contributed by atoms with Gasteiger partial charge in [-0.2, -0.15) is 0 Å². The molecule has 0 spiro atoms. The summed E-state index contributed by atoms with van der Waals surface area (Å²) in [7, 11) is 0. The Hall–Kier alpha value is -1.12. The van der Waals surface area contributed by atoms with Crippen molar-refractivity contribution < 1.29 is 0 Å². The summed E-state index contributed by atoms with van der Waals surface area (Å²) >= 11 is 3.56. The van der Waals surface area contributed by atoms with Gasteiger partial charge in [-0.3, -0.25) is 0 Å². The Morgan fingerprint density at radius 2 is 2.05 bits per heavy atom. The summed E-state index contributed by atoms with van der Waals surface area (Å²) in [5, 5.41) is 3.72. The maximum absolute atomic E-state index is 3.72. The summed E-state index contributed by atoms with van der Waals surface area (Å²) in [4.78, 5) is 0. The molecule has 0 fully saturated rings. The van der Waals surface area contributed by atoms with Crippen LogP contribution in [0.2, 0.25) is 0 Å². The van der Waals surface area contributed by atoms with Crippen LogP contribution < -0.4 is 5.32 Å².